The first-order valence-corrected chi connectivity index (χ1v) is 5.64. The highest BCUT2D eigenvalue weighted by Gasteiger charge is 2.54. The van der Waals surface area contributed by atoms with Gasteiger partial charge in [-0.15, -0.1) is 0 Å². The van der Waals surface area contributed by atoms with Crippen LogP contribution < -0.4 is 5.48 Å². The molecule has 0 aromatic rings. The Bertz CT molecular complexity index is 239. The molecule has 1 amide bonds. The Hall–Kier alpha value is -0.570. The third kappa shape index (κ3) is 1.05. The monoisotopic (exact) mass is 194 g/mol. The first kappa shape index (κ1) is 8.72. The number of hydroxylamine groups is 1. The summed E-state index contributed by atoms with van der Waals surface area (Å²) in [6.45, 7) is 0. The second-order valence-electron chi connectivity index (χ2n) is 5.63. The number of nitrogens with one attached hydrogen (secondary N) is 1. The third-order valence-corrected chi connectivity index (χ3v) is 4.61. The van der Waals surface area contributed by atoms with E-state index in [1.54, 1.807) is 5.48 Å². The lowest BCUT2D eigenvalue weighted by Crippen LogP contribution is -2.52. The van der Waals surface area contributed by atoms with Crippen LogP contribution in [0.25, 0.3) is 0 Å². The van der Waals surface area contributed by atoms with Gasteiger partial charge in [0.25, 0.3) is 5.91 Å². The summed E-state index contributed by atoms with van der Waals surface area (Å²) in [6.07, 6.45) is 6.87. The van der Waals surface area contributed by atoms with Gasteiger partial charge in [-0.25, -0.2) is 0 Å². The van der Waals surface area contributed by atoms with Gasteiger partial charge >= 0.3 is 0 Å². The molecule has 4 bridgehead atoms. The van der Waals surface area contributed by atoms with E-state index in [1.807, 2.05) is 0 Å². The van der Waals surface area contributed by atoms with E-state index in [-0.39, 0.29) is 11.3 Å². The molecule has 77 valence electrons. The van der Waals surface area contributed by atoms with E-state index < -0.39 is 0 Å². The summed E-state index contributed by atoms with van der Waals surface area (Å²) < 4.78 is 0. The van der Waals surface area contributed by atoms with Crippen molar-refractivity contribution in [2.24, 2.45) is 23.2 Å². The van der Waals surface area contributed by atoms with Gasteiger partial charge in [0, 0.05) is 0 Å². The molecule has 4 aliphatic rings. The zero-order valence-corrected chi connectivity index (χ0v) is 8.29. The van der Waals surface area contributed by atoms with Crippen LogP contribution in [-0.2, 0) is 10.0 Å². The molecule has 1 N–H and O–H groups in total. The van der Waals surface area contributed by atoms with Crippen molar-refractivity contribution in [2.75, 3.05) is 0 Å². The van der Waals surface area contributed by atoms with Gasteiger partial charge in [0.1, 0.15) is 0 Å². The molecule has 0 heterocycles. The van der Waals surface area contributed by atoms with Crippen LogP contribution in [0.5, 0.6) is 0 Å². The first-order chi connectivity index (χ1) is 6.72. The Morgan fingerprint density at radius 2 is 1.43 bits per heavy atom. The Labute approximate surface area is 83.8 Å². The zero-order valence-electron chi connectivity index (χ0n) is 8.29. The molecular formula is C11H16NO2. The molecule has 0 unspecified atom stereocenters. The van der Waals surface area contributed by atoms with Crippen molar-refractivity contribution in [1.82, 2.24) is 5.48 Å². The largest absolute Gasteiger partial charge is 0.272 e. The van der Waals surface area contributed by atoms with E-state index in [2.05, 4.69) is 0 Å². The number of amides is 1. The van der Waals surface area contributed by atoms with E-state index in [9.17, 15) is 10.0 Å². The number of carbonyl (C=O) groups is 1. The maximum Gasteiger partial charge on any atom is 0.252 e. The van der Waals surface area contributed by atoms with Gasteiger partial charge in [0.2, 0.25) is 0 Å². The fourth-order valence-electron chi connectivity index (χ4n) is 4.50. The lowest BCUT2D eigenvalue weighted by molar-refractivity contribution is -0.159. The summed E-state index contributed by atoms with van der Waals surface area (Å²) in [6, 6.07) is 0. The molecule has 0 aromatic carbocycles. The molecule has 4 rings (SSSR count). The topological polar surface area (TPSA) is 49.0 Å². The second kappa shape index (κ2) is 2.72. The summed E-state index contributed by atoms with van der Waals surface area (Å²) in [7, 11) is 0. The molecule has 1 radical (unpaired) electrons. The van der Waals surface area contributed by atoms with Crippen LogP contribution in [0.15, 0.2) is 0 Å². The minimum atomic E-state index is -0.253. The lowest BCUT2D eigenvalue weighted by Gasteiger charge is -2.55. The van der Waals surface area contributed by atoms with Crippen molar-refractivity contribution in [3.8, 4) is 0 Å². The van der Waals surface area contributed by atoms with Crippen molar-refractivity contribution >= 4 is 5.91 Å². The molecule has 0 aliphatic heterocycles. The average molecular weight is 194 g/mol. The number of rotatable bonds is 1. The van der Waals surface area contributed by atoms with Gasteiger partial charge in [-0.05, 0) is 56.3 Å². The number of carbonyl (C=O) groups excluding carboxylic acids is 1. The van der Waals surface area contributed by atoms with Crippen molar-refractivity contribution < 1.29 is 10.0 Å². The van der Waals surface area contributed by atoms with Crippen LogP contribution in [0, 0.1) is 23.2 Å². The summed E-state index contributed by atoms with van der Waals surface area (Å²) in [5, 5.41) is 10.5. The first-order valence-electron chi connectivity index (χ1n) is 5.64. The fraction of sp³-hybridized carbons (Fsp3) is 0.909. The van der Waals surface area contributed by atoms with Crippen LogP contribution in [0.4, 0.5) is 0 Å². The fourth-order valence-corrected chi connectivity index (χ4v) is 4.50. The summed E-state index contributed by atoms with van der Waals surface area (Å²) in [5.41, 5.74) is 1.38. The van der Waals surface area contributed by atoms with Gasteiger partial charge in [-0.3, -0.25) is 4.79 Å². The molecule has 3 nitrogen and oxygen atoms in total. The molecule has 14 heavy (non-hydrogen) atoms. The number of hydrogen-bond donors (Lipinski definition) is 1. The van der Waals surface area contributed by atoms with E-state index in [4.69, 9.17) is 0 Å². The van der Waals surface area contributed by atoms with Crippen LogP contribution in [0.1, 0.15) is 38.5 Å². The molecule has 4 fully saturated rings. The van der Waals surface area contributed by atoms with Gasteiger partial charge in [0.05, 0.1) is 5.41 Å². The molecule has 0 atom stereocenters. The molecule has 0 spiro atoms. The summed E-state index contributed by atoms with van der Waals surface area (Å²) >= 11 is 0. The predicted octanol–water partition coefficient (Wildman–Crippen LogP) is 1.66. The minimum Gasteiger partial charge on any atom is -0.272 e. The highest BCUT2D eigenvalue weighted by molar-refractivity contribution is 5.82. The SMILES string of the molecule is [O]NC(=O)C12CC3CC(CC(C3)C1)C2. The highest BCUT2D eigenvalue weighted by Crippen LogP contribution is 2.59. The molecule has 3 heteroatoms. The van der Waals surface area contributed by atoms with E-state index >= 15 is 0 Å². The van der Waals surface area contributed by atoms with Crippen LogP contribution in [-0.4, -0.2) is 5.91 Å². The van der Waals surface area contributed by atoms with Crippen LogP contribution in [0.3, 0.4) is 0 Å². The van der Waals surface area contributed by atoms with Gasteiger partial charge in [0.15, 0.2) is 0 Å². The van der Waals surface area contributed by atoms with Gasteiger partial charge in [-0.1, -0.05) is 5.21 Å². The molecule has 4 aliphatic carbocycles. The summed E-state index contributed by atoms with van der Waals surface area (Å²) in [4.78, 5) is 11.6. The average Bonchev–Trinajstić information content (AvgIpc) is 2.14. The Morgan fingerprint density at radius 1 is 1.00 bits per heavy atom. The van der Waals surface area contributed by atoms with Crippen LogP contribution >= 0.6 is 0 Å². The van der Waals surface area contributed by atoms with E-state index in [0.29, 0.717) is 0 Å². The van der Waals surface area contributed by atoms with Crippen molar-refractivity contribution in [3.63, 3.8) is 0 Å². The maximum absolute atomic E-state index is 11.6. The van der Waals surface area contributed by atoms with Crippen molar-refractivity contribution in [3.05, 3.63) is 0 Å². The normalized spacial score (nSPS) is 49.4. The standard InChI is InChI=1S/C11H16NO2/c13-10(12-14)11-4-7-1-8(5-11)3-9(2-7)6-11/h7-9H,1-6H2,(H,12,13). The van der Waals surface area contributed by atoms with Crippen molar-refractivity contribution in [2.45, 2.75) is 38.5 Å². The van der Waals surface area contributed by atoms with E-state index in [0.717, 1.165) is 37.0 Å². The maximum atomic E-state index is 11.6. The molecule has 4 saturated carbocycles. The molecular weight excluding hydrogens is 178 g/mol. The summed E-state index contributed by atoms with van der Waals surface area (Å²) in [5.74, 6) is 1.98. The highest BCUT2D eigenvalue weighted by atomic mass is 16.5. The molecule has 0 aromatic heterocycles. The third-order valence-electron chi connectivity index (χ3n) is 4.61. The Morgan fingerprint density at radius 3 is 1.79 bits per heavy atom. The minimum absolute atomic E-state index is 0.225. The smallest absolute Gasteiger partial charge is 0.252 e. The Kier molecular flexibility index (Phi) is 1.69. The van der Waals surface area contributed by atoms with Gasteiger partial charge in [-0.2, -0.15) is 5.48 Å². The number of hydrogen-bond acceptors (Lipinski definition) is 1. The van der Waals surface area contributed by atoms with Crippen molar-refractivity contribution in [1.29, 1.82) is 0 Å². The predicted molar refractivity (Wildman–Crippen MR) is 49.4 cm³/mol. The van der Waals surface area contributed by atoms with E-state index in [1.165, 1.54) is 19.3 Å². The second-order valence-corrected chi connectivity index (χ2v) is 5.63. The quantitative estimate of drug-likeness (QED) is 0.634. The molecule has 0 saturated heterocycles. The van der Waals surface area contributed by atoms with Crippen LogP contribution in [0.2, 0.25) is 0 Å². The lowest BCUT2D eigenvalue weighted by atomic mass is 9.49. The zero-order chi connectivity index (χ0) is 9.76. The Balaban J connectivity index is 1.91. The van der Waals surface area contributed by atoms with Gasteiger partial charge < -0.3 is 0 Å².